The van der Waals surface area contributed by atoms with Crippen LogP contribution in [0.1, 0.15) is 81.8 Å². The van der Waals surface area contributed by atoms with Gasteiger partial charge in [-0.2, -0.15) is 0 Å². The second-order valence-corrected chi connectivity index (χ2v) is 12.3. The number of rotatable bonds is 7. The number of piperidine rings is 2. The molecule has 1 aromatic carbocycles. The minimum absolute atomic E-state index is 0.00284. The van der Waals surface area contributed by atoms with Crippen LogP contribution in [0.4, 0.5) is 0 Å². The van der Waals surface area contributed by atoms with E-state index < -0.39 is 4.92 Å². The molecule has 3 aliphatic rings. The van der Waals surface area contributed by atoms with Gasteiger partial charge in [0.2, 0.25) is 5.91 Å². The second kappa shape index (κ2) is 17.7. The first-order chi connectivity index (χ1) is 21.3. The predicted octanol–water partition coefficient (Wildman–Crippen LogP) is 6.57. The largest absolute Gasteiger partial charge is 0.370 e. The summed E-state index contributed by atoms with van der Waals surface area (Å²) < 4.78 is 0.991. The number of nitro groups is 1. The van der Waals surface area contributed by atoms with Crippen molar-refractivity contribution in [3.05, 3.63) is 84.5 Å². The molecule has 2 fully saturated rings. The number of hydrogen-bond donors (Lipinski definition) is 2. The molecule has 1 atom stereocenters. The molecule has 9 nitrogen and oxygen atoms in total. The Hall–Kier alpha value is -2.69. The number of fused-ring (bicyclic) bond motifs is 2. The Morgan fingerprint density at radius 2 is 1.73 bits per heavy atom. The maximum Gasteiger partial charge on any atom is 0.274 e. The van der Waals surface area contributed by atoms with E-state index in [4.69, 9.17) is 16.6 Å². The first-order valence-corrected chi connectivity index (χ1v) is 17.2. The molecule has 2 aromatic rings. The summed E-state index contributed by atoms with van der Waals surface area (Å²) in [7, 11) is 1.70. The van der Waals surface area contributed by atoms with Crippen molar-refractivity contribution >= 4 is 33.4 Å². The lowest BCUT2D eigenvalue weighted by Gasteiger charge is -2.38. The van der Waals surface area contributed by atoms with Crippen molar-refractivity contribution in [3.63, 3.8) is 0 Å². The van der Waals surface area contributed by atoms with Crippen molar-refractivity contribution in [2.45, 2.75) is 72.3 Å². The smallest absolute Gasteiger partial charge is 0.274 e. The van der Waals surface area contributed by atoms with Crippen molar-refractivity contribution < 1.29 is 9.72 Å². The van der Waals surface area contributed by atoms with Gasteiger partial charge in [0, 0.05) is 48.3 Å². The Bertz CT molecular complexity index is 1220. The highest BCUT2D eigenvalue weighted by Gasteiger charge is 2.34. The van der Waals surface area contributed by atoms with Crippen LogP contribution >= 0.6 is 27.5 Å². The first kappa shape index (κ1) is 35.8. The molecule has 1 amide bonds. The fraction of sp³-hybridized carbons (Fsp3) is 0.576. The molecule has 11 heteroatoms. The predicted molar refractivity (Wildman–Crippen MR) is 181 cm³/mol. The highest BCUT2D eigenvalue weighted by atomic mass is 79.9. The van der Waals surface area contributed by atoms with Gasteiger partial charge in [0.05, 0.1) is 16.7 Å². The number of carbonyl (C=O) groups is 1. The number of aryl methyl sites for hydroxylation is 2. The Labute approximate surface area is 276 Å². The maximum absolute atomic E-state index is 13.1. The molecular weight excluding hydrogens is 644 g/mol. The van der Waals surface area contributed by atoms with Crippen LogP contribution in [-0.2, 0) is 17.6 Å². The van der Waals surface area contributed by atoms with Gasteiger partial charge in [0.15, 0.2) is 5.82 Å². The Balaban J connectivity index is 0.00000127. The van der Waals surface area contributed by atoms with Crippen LogP contribution in [0.3, 0.4) is 0 Å². The van der Waals surface area contributed by atoms with E-state index in [0.29, 0.717) is 18.3 Å². The molecule has 0 radical (unpaired) electrons. The lowest BCUT2D eigenvalue weighted by molar-refractivity contribution is -0.404. The summed E-state index contributed by atoms with van der Waals surface area (Å²) in [5.41, 5.74) is 4.90. The molecule has 0 saturated carbocycles. The standard InChI is InChI=1S/C29H36BrClN6O3.2C2H6/c1-32-26(18-37(39)40)35-10-6-19(7-11-35)16-34-29(38)20-8-12-36(13-9-20)28-25-5-4-24(31)15-21(25)2-3-22-14-23(30)17-33-27(22)28;2*1-2/h4-5,14-15,17-20,28,32H,2-3,6-13,16H2,1H3,(H,34,38);2*1-2H3/b26-18+;;. The van der Waals surface area contributed by atoms with E-state index in [0.717, 1.165) is 86.1 Å². The highest BCUT2D eigenvalue weighted by molar-refractivity contribution is 9.10. The minimum atomic E-state index is -0.429. The van der Waals surface area contributed by atoms with Gasteiger partial charge in [-0.25, -0.2) is 0 Å². The van der Waals surface area contributed by atoms with Crippen molar-refractivity contribution in [2.75, 3.05) is 39.8 Å². The first-order valence-electron chi connectivity index (χ1n) is 16.0. The number of nitrogens with one attached hydrogen (secondary N) is 2. The van der Waals surface area contributed by atoms with Crippen LogP contribution in [0.25, 0.3) is 0 Å². The van der Waals surface area contributed by atoms with Crippen LogP contribution in [0.2, 0.25) is 5.02 Å². The molecule has 2 N–H and O–H groups in total. The van der Waals surface area contributed by atoms with Gasteiger partial charge >= 0.3 is 0 Å². The van der Waals surface area contributed by atoms with Gasteiger partial charge in [-0.1, -0.05) is 45.4 Å². The van der Waals surface area contributed by atoms with Crippen molar-refractivity contribution in [1.82, 2.24) is 25.4 Å². The summed E-state index contributed by atoms with van der Waals surface area (Å²) in [6, 6.07) is 8.45. The lowest BCUT2D eigenvalue weighted by Crippen LogP contribution is -2.44. The van der Waals surface area contributed by atoms with Gasteiger partial charge in [-0.05, 0) is 108 Å². The monoisotopic (exact) mass is 690 g/mol. The topological polar surface area (TPSA) is 104 Å². The average Bonchev–Trinajstić information content (AvgIpc) is 3.20. The fourth-order valence-corrected chi connectivity index (χ4v) is 6.95. The number of hydrogen-bond acceptors (Lipinski definition) is 7. The SMILES string of the molecule is CC.CC.CN/C(=C\[N+](=O)[O-])N1CCC(CNC(=O)C2CCN(C3c4ccc(Cl)cc4CCc4cc(Br)cnc43)CC2)CC1. The third-order valence-corrected chi connectivity index (χ3v) is 9.23. The molecule has 2 aliphatic heterocycles. The number of likely N-dealkylation sites (tertiary alicyclic amines) is 2. The third kappa shape index (κ3) is 9.17. The summed E-state index contributed by atoms with van der Waals surface area (Å²) in [6.07, 6.45) is 8.16. The number of benzene rings is 1. The fourth-order valence-electron chi connectivity index (χ4n) is 6.37. The van der Waals surface area contributed by atoms with E-state index in [1.54, 1.807) is 7.05 Å². The summed E-state index contributed by atoms with van der Waals surface area (Å²) >= 11 is 9.97. The van der Waals surface area contributed by atoms with Gasteiger partial charge in [0.1, 0.15) is 0 Å². The molecule has 0 bridgehead atoms. The third-order valence-electron chi connectivity index (χ3n) is 8.56. The van der Waals surface area contributed by atoms with Crippen LogP contribution in [0.5, 0.6) is 0 Å². The number of nitrogens with zero attached hydrogens (tertiary/aromatic N) is 4. The Morgan fingerprint density at radius 3 is 2.36 bits per heavy atom. The normalized spacial score (nSPS) is 19.2. The molecule has 1 aliphatic carbocycles. The van der Waals surface area contributed by atoms with Crippen LogP contribution in [-0.4, -0.2) is 65.4 Å². The van der Waals surface area contributed by atoms with Gasteiger partial charge < -0.3 is 15.5 Å². The van der Waals surface area contributed by atoms with Crippen molar-refractivity contribution in [2.24, 2.45) is 11.8 Å². The molecule has 2 saturated heterocycles. The lowest BCUT2D eigenvalue weighted by atomic mass is 9.90. The Kier molecular flexibility index (Phi) is 14.4. The number of amides is 1. The van der Waals surface area contributed by atoms with Crippen molar-refractivity contribution in [3.8, 4) is 0 Å². The molecule has 1 unspecified atom stereocenters. The van der Waals surface area contributed by atoms with E-state index in [1.807, 2.05) is 44.9 Å². The number of aromatic nitrogens is 1. The minimum Gasteiger partial charge on any atom is -0.370 e. The zero-order valence-electron chi connectivity index (χ0n) is 26.7. The number of halogens is 2. The zero-order chi connectivity index (χ0) is 32.2. The van der Waals surface area contributed by atoms with E-state index in [2.05, 4.69) is 49.7 Å². The molecule has 1 aromatic heterocycles. The number of carbonyl (C=O) groups excluding carboxylic acids is 1. The van der Waals surface area contributed by atoms with Crippen molar-refractivity contribution in [1.29, 1.82) is 0 Å². The summed E-state index contributed by atoms with van der Waals surface area (Å²) in [4.78, 5) is 32.9. The van der Waals surface area contributed by atoms with E-state index in [-0.39, 0.29) is 17.9 Å². The van der Waals surface area contributed by atoms with E-state index in [1.165, 1.54) is 16.7 Å². The molecule has 0 spiro atoms. The maximum atomic E-state index is 13.1. The molecular formula is C33H48BrClN6O3. The highest BCUT2D eigenvalue weighted by Crippen LogP contribution is 2.39. The molecule has 242 valence electrons. The number of pyridine rings is 1. The second-order valence-electron chi connectivity index (χ2n) is 11.0. The molecule has 3 heterocycles. The van der Waals surface area contributed by atoms with E-state index in [9.17, 15) is 14.9 Å². The van der Waals surface area contributed by atoms with Crippen LogP contribution in [0, 0.1) is 22.0 Å². The average molecular weight is 692 g/mol. The Morgan fingerprint density at radius 1 is 1.07 bits per heavy atom. The summed E-state index contributed by atoms with van der Waals surface area (Å²) in [5.74, 6) is 1.05. The van der Waals surface area contributed by atoms with Gasteiger partial charge in [0.25, 0.3) is 6.20 Å². The molecule has 5 rings (SSSR count). The summed E-state index contributed by atoms with van der Waals surface area (Å²) in [5, 5.41) is 17.8. The van der Waals surface area contributed by atoms with Crippen LogP contribution in [0.15, 0.2) is 47.0 Å². The molecule has 44 heavy (non-hydrogen) atoms. The van der Waals surface area contributed by atoms with Gasteiger partial charge in [-0.3, -0.25) is 24.8 Å². The van der Waals surface area contributed by atoms with E-state index >= 15 is 0 Å². The zero-order valence-corrected chi connectivity index (χ0v) is 29.1. The quantitative estimate of drug-likeness (QED) is 0.250. The summed E-state index contributed by atoms with van der Waals surface area (Å²) in [6.45, 7) is 11.8. The van der Waals surface area contributed by atoms with Crippen LogP contribution < -0.4 is 10.6 Å². The van der Waals surface area contributed by atoms with Gasteiger partial charge in [-0.15, -0.1) is 0 Å².